The van der Waals surface area contributed by atoms with Crippen LogP contribution in [0.3, 0.4) is 0 Å². The summed E-state index contributed by atoms with van der Waals surface area (Å²) in [7, 11) is -3.61. The van der Waals surface area contributed by atoms with Gasteiger partial charge in [-0.2, -0.15) is 4.31 Å². The van der Waals surface area contributed by atoms with Crippen LogP contribution in [0, 0.1) is 6.92 Å². The fourth-order valence-electron chi connectivity index (χ4n) is 3.94. The Balaban J connectivity index is 1.21. The molecule has 0 saturated carbocycles. The maximum absolute atomic E-state index is 13.1. The summed E-state index contributed by atoms with van der Waals surface area (Å²) in [6.07, 6.45) is 2.76. The van der Waals surface area contributed by atoms with Gasteiger partial charge < -0.3 is 19.2 Å². The number of aryl methyl sites for hydroxylation is 1. The molecule has 2 aliphatic rings. The van der Waals surface area contributed by atoms with Gasteiger partial charge in [-0.05, 0) is 55.7 Å². The second kappa shape index (κ2) is 9.88. The second-order valence-corrected chi connectivity index (χ2v) is 11.1. The van der Waals surface area contributed by atoms with Gasteiger partial charge in [0.2, 0.25) is 28.6 Å². The number of nitrogens with zero attached hydrogens (tertiary/aromatic N) is 3. The van der Waals surface area contributed by atoms with Gasteiger partial charge in [-0.25, -0.2) is 8.42 Å². The average Bonchev–Trinajstić information content (AvgIpc) is 3.53. The van der Waals surface area contributed by atoms with Crippen molar-refractivity contribution in [3.05, 3.63) is 42.0 Å². The zero-order valence-electron chi connectivity index (χ0n) is 19.0. The number of thioether (sulfide) groups is 1. The molecule has 1 saturated heterocycles. The zero-order chi connectivity index (χ0) is 24.4. The molecule has 0 spiro atoms. The Hall–Kier alpha value is -3.09. The molecule has 0 radical (unpaired) electrons. The van der Waals surface area contributed by atoms with Gasteiger partial charge in [0.05, 0.1) is 10.6 Å². The third-order valence-corrected chi connectivity index (χ3v) is 8.62. The number of hydrogen-bond donors (Lipinski definition) is 1. The minimum absolute atomic E-state index is 0.0187. The molecule has 184 valence electrons. The topological polar surface area (TPSA) is 124 Å². The van der Waals surface area contributed by atoms with Crippen molar-refractivity contribution in [2.45, 2.75) is 36.3 Å². The highest BCUT2D eigenvalue weighted by Gasteiger charge is 2.27. The Bertz CT molecular complexity index is 1350. The van der Waals surface area contributed by atoms with Crippen molar-refractivity contribution in [3.63, 3.8) is 0 Å². The summed E-state index contributed by atoms with van der Waals surface area (Å²) in [5, 5.41) is 11.0. The predicted molar refractivity (Wildman–Crippen MR) is 129 cm³/mol. The molecule has 10 nitrogen and oxygen atoms in total. The summed E-state index contributed by atoms with van der Waals surface area (Å²) in [6.45, 7) is 2.97. The standard InChI is InChI=1S/C23H24N4O6S2/c1-15-5-7-17(12-20(15)35(29,30)27-9-3-2-4-10-27)24-21(28)13-34-23-26-25-22(33-23)16-6-8-18-19(11-16)32-14-31-18/h5-8,11-12H,2-4,9-10,13-14H2,1H3,(H,24,28). The van der Waals surface area contributed by atoms with Crippen molar-refractivity contribution in [3.8, 4) is 23.0 Å². The van der Waals surface area contributed by atoms with Crippen LogP contribution in [0.5, 0.6) is 11.5 Å². The van der Waals surface area contributed by atoms with Crippen LogP contribution in [0.1, 0.15) is 24.8 Å². The number of rotatable bonds is 7. The Morgan fingerprint density at radius 2 is 1.86 bits per heavy atom. The van der Waals surface area contributed by atoms with E-state index in [1.54, 1.807) is 37.3 Å². The van der Waals surface area contributed by atoms with Crippen molar-refractivity contribution < 1.29 is 27.1 Å². The van der Waals surface area contributed by atoms with Crippen molar-refractivity contribution in [1.29, 1.82) is 0 Å². The lowest BCUT2D eigenvalue weighted by Crippen LogP contribution is -2.36. The normalized spacial score (nSPS) is 15.8. The summed E-state index contributed by atoms with van der Waals surface area (Å²) >= 11 is 1.09. The fourth-order valence-corrected chi connectivity index (χ4v) is 6.27. The number of anilines is 1. The van der Waals surface area contributed by atoms with Crippen LogP contribution < -0.4 is 14.8 Å². The Morgan fingerprint density at radius 3 is 2.69 bits per heavy atom. The number of nitrogens with one attached hydrogen (secondary N) is 1. The van der Waals surface area contributed by atoms with E-state index < -0.39 is 10.0 Å². The van der Waals surface area contributed by atoms with Gasteiger partial charge >= 0.3 is 0 Å². The van der Waals surface area contributed by atoms with E-state index in [4.69, 9.17) is 13.9 Å². The molecule has 1 amide bonds. The summed E-state index contributed by atoms with van der Waals surface area (Å²) in [5.74, 6) is 1.27. The number of sulfonamides is 1. The first-order valence-electron chi connectivity index (χ1n) is 11.2. The number of fused-ring (bicyclic) bond motifs is 1. The molecule has 0 atom stereocenters. The molecule has 0 unspecified atom stereocenters. The molecular formula is C23H24N4O6S2. The van der Waals surface area contributed by atoms with Crippen molar-refractivity contribution in [2.75, 3.05) is 31.0 Å². The molecule has 1 N–H and O–H groups in total. The molecule has 12 heteroatoms. The van der Waals surface area contributed by atoms with Gasteiger partial charge in [-0.15, -0.1) is 10.2 Å². The van der Waals surface area contributed by atoms with Gasteiger partial charge in [0.1, 0.15) is 0 Å². The van der Waals surface area contributed by atoms with Crippen molar-refractivity contribution in [2.24, 2.45) is 0 Å². The third-order valence-electron chi connectivity index (χ3n) is 5.76. The monoisotopic (exact) mass is 516 g/mol. The molecule has 0 aliphatic carbocycles. The van der Waals surface area contributed by atoms with Crippen LogP contribution >= 0.6 is 11.8 Å². The minimum Gasteiger partial charge on any atom is -0.454 e. The Labute approximate surface area is 207 Å². The lowest BCUT2D eigenvalue weighted by molar-refractivity contribution is -0.113. The van der Waals surface area contributed by atoms with E-state index in [0.29, 0.717) is 47.3 Å². The van der Waals surface area contributed by atoms with Gasteiger partial charge in [-0.1, -0.05) is 24.2 Å². The number of aromatic nitrogens is 2. The van der Waals surface area contributed by atoms with Crippen LogP contribution in [0.15, 0.2) is 50.9 Å². The highest BCUT2D eigenvalue weighted by molar-refractivity contribution is 7.99. The largest absolute Gasteiger partial charge is 0.454 e. The maximum atomic E-state index is 13.1. The number of piperidine rings is 1. The lowest BCUT2D eigenvalue weighted by Gasteiger charge is -2.26. The molecule has 35 heavy (non-hydrogen) atoms. The molecule has 3 heterocycles. The molecule has 2 aliphatic heterocycles. The molecule has 0 bridgehead atoms. The van der Waals surface area contributed by atoms with E-state index in [2.05, 4.69) is 15.5 Å². The summed E-state index contributed by atoms with van der Waals surface area (Å²) < 4.78 is 44.0. The third kappa shape index (κ3) is 5.14. The summed E-state index contributed by atoms with van der Waals surface area (Å²) in [5.41, 5.74) is 1.74. The van der Waals surface area contributed by atoms with Gasteiger partial charge in [0.15, 0.2) is 11.5 Å². The first-order chi connectivity index (χ1) is 16.9. The highest BCUT2D eigenvalue weighted by Crippen LogP contribution is 2.36. The SMILES string of the molecule is Cc1ccc(NC(=O)CSc2nnc(-c3ccc4c(c3)OCO4)o2)cc1S(=O)(=O)N1CCCCC1. The van der Waals surface area contributed by atoms with Crippen LogP contribution in [0.2, 0.25) is 0 Å². The zero-order valence-corrected chi connectivity index (χ0v) is 20.7. The lowest BCUT2D eigenvalue weighted by atomic mass is 10.2. The van der Waals surface area contributed by atoms with Crippen LogP contribution in [0.25, 0.3) is 11.5 Å². The Morgan fingerprint density at radius 1 is 1.06 bits per heavy atom. The van der Waals surface area contributed by atoms with E-state index in [9.17, 15) is 13.2 Å². The second-order valence-electron chi connectivity index (χ2n) is 8.22. The van der Waals surface area contributed by atoms with Crippen LogP contribution in [0.4, 0.5) is 5.69 Å². The minimum atomic E-state index is -3.61. The molecule has 3 aromatic rings. The quantitative estimate of drug-likeness (QED) is 0.468. The van der Waals surface area contributed by atoms with E-state index in [1.807, 2.05) is 0 Å². The average molecular weight is 517 g/mol. The molecule has 1 fully saturated rings. The van der Waals surface area contributed by atoms with E-state index in [1.165, 1.54) is 10.4 Å². The molecule has 1 aromatic heterocycles. The molecular weight excluding hydrogens is 492 g/mol. The van der Waals surface area contributed by atoms with E-state index >= 15 is 0 Å². The van der Waals surface area contributed by atoms with Crippen LogP contribution in [-0.2, 0) is 14.8 Å². The summed E-state index contributed by atoms with van der Waals surface area (Å²) in [6, 6.07) is 10.2. The first-order valence-corrected chi connectivity index (χ1v) is 13.6. The van der Waals surface area contributed by atoms with Crippen LogP contribution in [-0.4, -0.2) is 54.5 Å². The van der Waals surface area contributed by atoms with Gasteiger partial charge in [0.25, 0.3) is 5.22 Å². The van der Waals surface area contributed by atoms with E-state index in [-0.39, 0.29) is 28.6 Å². The van der Waals surface area contributed by atoms with Gasteiger partial charge in [0, 0.05) is 24.3 Å². The number of carbonyl (C=O) groups is 1. The number of ether oxygens (including phenoxy) is 2. The number of hydrogen-bond acceptors (Lipinski definition) is 9. The number of benzene rings is 2. The van der Waals surface area contributed by atoms with Gasteiger partial charge in [-0.3, -0.25) is 4.79 Å². The van der Waals surface area contributed by atoms with E-state index in [0.717, 1.165) is 31.0 Å². The Kier molecular flexibility index (Phi) is 6.67. The molecule has 5 rings (SSSR count). The summed E-state index contributed by atoms with van der Waals surface area (Å²) in [4.78, 5) is 12.7. The number of amides is 1. The van der Waals surface area contributed by atoms with Crippen molar-refractivity contribution >= 4 is 33.4 Å². The smallest absolute Gasteiger partial charge is 0.277 e. The number of carbonyl (C=O) groups excluding carboxylic acids is 1. The fraction of sp³-hybridized carbons (Fsp3) is 0.348. The van der Waals surface area contributed by atoms with Crippen molar-refractivity contribution in [1.82, 2.24) is 14.5 Å². The predicted octanol–water partition coefficient (Wildman–Crippen LogP) is 3.68. The maximum Gasteiger partial charge on any atom is 0.277 e. The first kappa shape index (κ1) is 23.6. The molecule has 2 aromatic carbocycles. The highest BCUT2D eigenvalue weighted by atomic mass is 32.2.